The predicted octanol–water partition coefficient (Wildman–Crippen LogP) is 3.59. The Morgan fingerprint density at radius 3 is 2.62 bits per heavy atom. The molecule has 5 unspecified atom stereocenters. The molecule has 4 heteroatoms. The Kier molecular flexibility index (Phi) is 4.21. The number of nitrogens with one attached hydrogen (secondary N) is 1. The maximum atomic E-state index is 10.0. The van der Waals surface area contributed by atoms with E-state index in [1.807, 2.05) is 12.1 Å². The highest BCUT2D eigenvalue weighted by atomic mass is 16.5. The zero-order chi connectivity index (χ0) is 16.7. The molecule has 2 saturated carbocycles. The van der Waals surface area contributed by atoms with Crippen molar-refractivity contribution in [3.05, 3.63) is 24.3 Å². The summed E-state index contributed by atoms with van der Waals surface area (Å²) in [7, 11) is 0. The highest BCUT2D eigenvalue weighted by molar-refractivity contribution is 5.48. The molecule has 4 rings (SSSR count). The number of aliphatic hydroxyl groups excluding tert-OH is 1. The third-order valence-corrected chi connectivity index (χ3v) is 6.23. The fraction of sp³-hybridized carbons (Fsp3) is 0.700. The van der Waals surface area contributed by atoms with Gasteiger partial charge >= 0.3 is 0 Å². The van der Waals surface area contributed by atoms with Gasteiger partial charge in [0.05, 0.1) is 12.2 Å². The Balaban J connectivity index is 1.37. The van der Waals surface area contributed by atoms with Crippen molar-refractivity contribution in [2.45, 2.75) is 70.3 Å². The highest BCUT2D eigenvalue weighted by Gasteiger charge is 2.59. The number of aliphatic hydroxyl groups is 1. The van der Waals surface area contributed by atoms with Crippen molar-refractivity contribution in [1.82, 2.24) is 0 Å². The Morgan fingerprint density at radius 1 is 1.12 bits per heavy atom. The minimum atomic E-state index is -0.327. The van der Waals surface area contributed by atoms with Crippen LogP contribution in [0.2, 0.25) is 0 Å². The minimum absolute atomic E-state index is 0.0560. The molecule has 0 spiro atoms. The van der Waals surface area contributed by atoms with E-state index in [1.165, 1.54) is 0 Å². The summed E-state index contributed by atoms with van der Waals surface area (Å²) >= 11 is 0. The van der Waals surface area contributed by atoms with Crippen LogP contribution in [0.4, 0.5) is 5.69 Å². The van der Waals surface area contributed by atoms with Crippen molar-refractivity contribution in [3.8, 4) is 5.75 Å². The highest BCUT2D eigenvalue weighted by Crippen LogP contribution is 2.53. The molecule has 1 aliphatic heterocycles. The number of anilines is 1. The van der Waals surface area contributed by atoms with Crippen LogP contribution >= 0.6 is 0 Å². The average molecular weight is 331 g/mol. The summed E-state index contributed by atoms with van der Waals surface area (Å²) in [6.45, 7) is 5.48. The first-order valence-corrected chi connectivity index (χ1v) is 9.38. The molecule has 2 N–H and O–H groups in total. The Hall–Kier alpha value is -1.26. The number of benzene rings is 1. The van der Waals surface area contributed by atoms with Gasteiger partial charge in [-0.1, -0.05) is 20.3 Å². The fourth-order valence-electron chi connectivity index (χ4n) is 4.82. The average Bonchev–Trinajstić information content (AvgIpc) is 3.03. The van der Waals surface area contributed by atoms with Gasteiger partial charge in [-0.2, -0.15) is 0 Å². The molecular formula is C20H29NO3. The lowest BCUT2D eigenvalue weighted by atomic mass is 9.57. The number of hydrogen-bond donors (Lipinski definition) is 2. The lowest BCUT2D eigenvalue weighted by Crippen LogP contribution is -2.63. The lowest BCUT2D eigenvalue weighted by Gasteiger charge is -2.55. The lowest BCUT2D eigenvalue weighted by molar-refractivity contribution is -0.0923. The molecule has 1 heterocycles. The molecular weight excluding hydrogens is 302 g/mol. The second-order valence-corrected chi connectivity index (χ2v) is 8.22. The summed E-state index contributed by atoms with van der Waals surface area (Å²) in [4.78, 5) is 0. The predicted molar refractivity (Wildman–Crippen MR) is 94.4 cm³/mol. The van der Waals surface area contributed by atoms with Gasteiger partial charge in [-0.25, -0.2) is 0 Å². The molecule has 0 radical (unpaired) electrons. The van der Waals surface area contributed by atoms with Gasteiger partial charge in [0, 0.05) is 29.7 Å². The summed E-state index contributed by atoms with van der Waals surface area (Å²) in [6, 6.07) is 8.67. The molecule has 24 heavy (non-hydrogen) atoms. The van der Waals surface area contributed by atoms with Crippen LogP contribution in [0.3, 0.4) is 0 Å². The summed E-state index contributed by atoms with van der Waals surface area (Å²) in [6.07, 6.45) is 5.23. The van der Waals surface area contributed by atoms with Crippen LogP contribution in [-0.2, 0) is 4.74 Å². The van der Waals surface area contributed by atoms with E-state index in [4.69, 9.17) is 9.47 Å². The van der Waals surface area contributed by atoms with Gasteiger partial charge in [-0.05, 0) is 49.9 Å². The first kappa shape index (κ1) is 16.2. The quantitative estimate of drug-likeness (QED) is 0.885. The molecule has 4 nitrogen and oxygen atoms in total. The maximum absolute atomic E-state index is 10.0. The van der Waals surface area contributed by atoms with Crippen LogP contribution < -0.4 is 10.1 Å². The van der Waals surface area contributed by atoms with Crippen LogP contribution in [0.15, 0.2) is 24.3 Å². The molecule has 3 aliphatic rings. The van der Waals surface area contributed by atoms with Crippen molar-refractivity contribution in [2.75, 3.05) is 11.9 Å². The zero-order valence-corrected chi connectivity index (χ0v) is 14.7. The second kappa shape index (κ2) is 6.23. The van der Waals surface area contributed by atoms with Gasteiger partial charge in [0.1, 0.15) is 11.9 Å². The molecule has 0 amide bonds. The van der Waals surface area contributed by atoms with E-state index >= 15 is 0 Å². The van der Waals surface area contributed by atoms with Gasteiger partial charge < -0.3 is 19.9 Å². The van der Waals surface area contributed by atoms with E-state index in [2.05, 4.69) is 31.3 Å². The fourth-order valence-corrected chi connectivity index (χ4v) is 4.82. The van der Waals surface area contributed by atoms with E-state index in [0.29, 0.717) is 18.1 Å². The molecule has 1 aromatic rings. The van der Waals surface area contributed by atoms with E-state index in [0.717, 1.165) is 50.1 Å². The first-order valence-electron chi connectivity index (χ1n) is 9.38. The molecule has 132 valence electrons. The summed E-state index contributed by atoms with van der Waals surface area (Å²) in [5, 5.41) is 13.7. The van der Waals surface area contributed by atoms with Crippen molar-refractivity contribution in [2.24, 2.45) is 11.3 Å². The summed E-state index contributed by atoms with van der Waals surface area (Å²) in [5.74, 6) is 1.48. The van der Waals surface area contributed by atoms with Crippen molar-refractivity contribution < 1.29 is 14.6 Å². The monoisotopic (exact) mass is 331 g/mol. The third kappa shape index (κ3) is 2.80. The molecule has 1 aromatic carbocycles. The first-order chi connectivity index (χ1) is 11.6. The molecule has 0 aromatic heterocycles. The number of fused-ring (bicyclic) bond motifs is 1. The molecule has 1 saturated heterocycles. The molecule has 0 bridgehead atoms. The number of hydrogen-bond acceptors (Lipinski definition) is 4. The normalized spacial score (nSPS) is 37.4. The van der Waals surface area contributed by atoms with Crippen LogP contribution in [0.25, 0.3) is 0 Å². The van der Waals surface area contributed by atoms with Crippen LogP contribution in [0.1, 0.15) is 46.0 Å². The van der Waals surface area contributed by atoms with Crippen molar-refractivity contribution in [3.63, 3.8) is 0 Å². The van der Waals surface area contributed by atoms with Gasteiger partial charge in [-0.15, -0.1) is 0 Å². The van der Waals surface area contributed by atoms with E-state index in [-0.39, 0.29) is 17.6 Å². The second-order valence-electron chi connectivity index (χ2n) is 8.22. The van der Waals surface area contributed by atoms with E-state index in [9.17, 15) is 5.11 Å². The Morgan fingerprint density at radius 2 is 1.88 bits per heavy atom. The van der Waals surface area contributed by atoms with E-state index < -0.39 is 0 Å². The van der Waals surface area contributed by atoms with E-state index in [1.54, 1.807) is 0 Å². The maximum Gasteiger partial charge on any atom is 0.124 e. The molecule has 5 atom stereocenters. The standard InChI is InChI=1S/C20H29NO3/c1-20(2)18(15-11-12-23-19(15)20)21-13-7-9-14(10-8-13)24-17-6-4-3-5-16(17)22/h7-10,15-19,21-22H,3-6,11-12H2,1-2H3. The minimum Gasteiger partial charge on any atom is -0.488 e. The van der Waals surface area contributed by atoms with Crippen LogP contribution in [-0.4, -0.2) is 36.1 Å². The van der Waals surface area contributed by atoms with Crippen molar-refractivity contribution in [1.29, 1.82) is 0 Å². The van der Waals surface area contributed by atoms with Crippen LogP contribution in [0, 0.1) is 11.3 Å². The van der Waals surface area contributed by atoms with Gasteiger partial charge in [0.2, 0.25) is 0 Å². The topological polar surface area (TPSA) is 50.7 Å². The SMILES string of the molecule is CC1(C)C(Nc2ccc(OC3CCCCC3O)cc2)C2CCOC21. The summed E-state index contributed by atoms with van der Waals surface area (Å²) < 4.78 is 11.8. The van der Waals surface area contributed by atoms with Crippen molar-refractivity contribution >= 4 is 5.69 Å². The number of ether oxygens (including phenoxy) is 2. The molecule has 2 aliphatic carbocycles. The third-order valence-electron chi connectivity index (χ3n) is 6.23. The smallest absolute Gasteiger partial charge is 0.124 e. The largest absolute Gasteiger partial charge is 0.488 e. The van der Waals surface area contributed by atoms with Gasteiger partial charge in [-0.3, -0.25) is 0 Å². The Bertz CT molecular complexity index is 571. The Labute approximate surface area is 144 Å². The van der Waals surface area contributed by atoms with Crippen LogP contribution in [0.5, 0.6) is 5.75 Å². The molecule has 3 fully saturated rings. The zero-order valence-electron chi connectivity index (χ0n) is 14.7. The number of rotatable bonds is 4. The van der Waals surface area contributed by atoms with Gasteiger partial charge in [0.15, 0.2) is 0 Å². The van der Waals surface area contributed by atoms with Gasteiger partial charge in [0.25, 0.3) is 0 Å². The summed E-state index contributed by atoms with van der Waals surface area (Å²) in [5.41, 5.74) is 1.32.